The summed E-state index contributed by atoms with van der Waals surface area (Å²) in [5, 5.41) is 6.19. The van der Waals surface area contributed by atoms with E-state index in [1.54, 1.807) is 7.05 Å². The van der Waals surface area contributed by atoms with Crippen molar-refractivity contribution in [1.82, 2.24) is 10.6 Å². The maximum absolute atomic E-state index is 11.8. The molecule has 2 unspecified atom stereocenters. The molecule has 1 amide bonds. The van der Waals surface area contributed by atoms with Gasteiger partial charge in [0.25, 0.3) is 0 Å². The van der Waals surface area contributed by atoms with Gasteiger partial charge in [-0.2, -0.15) is 0 Å². The molecular weight excluding hydrogens is 238 g/mol. The zero-order chi connectivity index (χ0) is 14.0. The Balaban J connectivity index is 2.04. The Labute approximate surface area is 114 Å². The Kier molecular flexibility index (Phi) is 3.92. The van der Waals surface area contributed by atoms with Gasteiger partial charge in [-0.05, 0) is 31.4 Å². The van der Waals surface area contributed by atoms with E-state index in [0.717, 1.165) is 6.42 Å². The molecule has 0 saturated carbocycles. The quantitative estimate of drug-likeness (QED) is 0.769. The van der Waals surface area contributed by atoms with Crippen LogP contribution in [-0.2, 0) is 4.79 Å². The van der Waals surface area contributed by atoms with Crippen LogP contribution in [0.1, 0.15) is 43.5 Å². The monoisotopic (exact) mass is 261 g/mol. The topological polar surface area (TPSA) is 67.2 Å². The predicted octanol–water partition coefficient (Wildman–Crippen LogP) is 1.49. The fraction of sp³-hybridized carbons (Fsp3) is 0.533. The van der Waals surface area contributed by atoms with Gasteiger partial charge in [-0.1, -0.05) is 24.3 Å². The van der Waals surface area contributed by atoms with Gasteiger partial charge in [0.2, 0.25) is 5.91 Å². The largest absolute Gasteiger partial charge is 0.359 e. The smallest absolute Gasteiger partial charge is 0.226 e. The lowest BCUT2D eigenvalue weighted by molar-refractivity contribution is -0.128. The molecule has 0 aromatic heterocycles. The first kappa shape index (κ1) is 14.0. The number of benzene rings is 1. The molecular formula is C15H23N3O. The molecule has 0 radical (unpaired) electrons. The molecule has 19 heavy (non-hydrogen) atoms. The standard InChI is InChI=1S/C15H23N3O/c1-15(2,14(19)17-3)9-18-13-8-12(16)10-6-4-5-7-11(10)13/h4-7,12-13,18H,8-9,16H2,1-3H3,(H,17,19). The van der Waals surface area contributed by atoms with Gasteiger partial charge in [-0.25, -0.2) is 0 Å². The van der Waals surface area contributed by atoms with Crippen LogP contribution in [0.2, 0.25) is 0 Å². The minimum absolute atomic E-state index is 0.0515. The lowest BCUT2D eigenvalue weighted by Crippen LogP contribution is -2.42. The van der Waals surface area contributed by atoms with Crippen molar-refractivity contribution in [3.05, 3.63) is 35.4 Å². The Morgan fingerprint density at radius 1 is 1.37 bits per heavy atom. The summed E-state index contributed by atoms with van der Waals surface area (Å²) in [6, 6.07) is 8.61. The molecule has 4 nitrogen and oxygen atoms in total. The molecule has 0 bridgehead atoms. The van der Waals surface area contributed by atoms with E-state index in [0.29, 0.717) is 6.54 Å². The van der Waals surface area contributed by atoms with Crippen LogP contribution in [-0.4, -0.2) is 19.5 Å². The molecule has 0 fully saturated rings. The first-order valence-electron chi connectivity index (χ1n) is 6.75. The number of fused-ring (bicyclic) bond motifs is 1. The molecule has 1 aromatic rings. The van der Waals surface area contributed by atoms with Crippen LogP contribution in [0.4, 0.5) is 0 Å². The van der Waals surface area contributed by atoms with Gasteiger partial charge in [0.1, 0.15) is 0 Å². The summed E-state index contributed by atoms with van der Waals surface area (Å²) in [4.78, 5) is 11.8. The van der Waals surface area contributed by atoms with Crippen molar-refractivity contribution < 1.29 is 4.79 Å². The Morgan fingerprint density at radius 2 is 2.00 bits per heavy atom. The highest BCUT2D eigenvalue weighted by Gasteiger charge is 2.31. The van der Waals surface area contributed by atoms with Crippen LogP contribution < -0.4 is 16.4 Å². The molecule has 1 aromatic carbocycles. The Bertz CT molecular complexity index is 470. The molecule has 1 aliphatic rings. The van der Waals surface area contributed by atoms with Crippen molar-refractivity contribution in [1.29, 1.82) is 0 Å². The molecule has 2 rings (SSSR count). The van der Waals surface area contributed by atoms with Gasteiger partial charge in [-0.3, -0.25) is 4.79 Å². The van der Waals surface area contributed by atoms with Gasteiger partial charge in [0.05, 0.1) is 5.41 Å². The number of nitrogens with two attached hydrogens (primary N) is 1. The van der Waals surface area contributed by atoms with Crippen LogP contribution in [0.25, 0.3) is 0 Å². The van der Waals surface area contributed by atoms with Crippen molar-refractivity contribution in [3.8, 4) is 0 Å². The van der Waals surface area contributed by atoms with Crippen molar-refractivity contribution in [2.75, 3.05) is 13.6 Å². The number of amides is 1. The summed E-state index contributed by atoms with van der Waals surface area (Å²) in [5.74, 6) is 0.0515. The van der Waals surface area contributed by atoms with Crippen LogP contribution >= 0.6 is 0 Å². The number of hydrogen-bond donors (Lipinski definition) is 3. The highest BCUT2D eigenvalue weighted by Crippen LogP contribution is 2.37. The minimum atomic E-state index is -0.420. The summed E-state index contributed by atoms with van der Waals surface area (Å²) >= 11 is 0. The number of carbonyl (C=O) groups is 1. The molecule has 4 heteroatoms. The first-order valence-corrected chi connectivity index (χ1v) is 6.75. The second kappa shape index (κ2) is 5.31. The third kappa shape index (κ3) is 2.80. The number of nitrogens with one attached hydrogen (secondary N) is 2. The Hall–Kier alpha value is -1.39. The highest BCUT2D eigenvalue weighted by atomic mass is 16.2. The van der Waals surface area contributed by atoms with Gasteiger partial charge >= 0.3 is 0 Å². The average molecular weight is 261 g/mol. The van der Waals surface area contributed by atoms with Gasteiger partial charge < -0.3 is 16.4 Å². The van der Waals surface area contributed by atoms with E-state index in [-0.39, 0.29) is 18.0 Å². The number of rotatable bonds is 4. The fourth-order valence-electron chi connectivity index (χ4n) is 2.66. The second-order valence-corrected chi connectivity index (χ2v) is 5.87. The van der Waals surface area contributed by atoms with Gasteiger partial charge in [0, 0.05) is 25.7 Å². The van der Waals surface area contributed by atoms with Crippen LogP contribution in [0, 0.1) is 5.41 Å². The predicted molar refractivity (Wildman–Crippen MR) is 76.6 cm³/mol. The molecule has 2 atom stereocenters. The molecule has 4 N–H and O–H groups in total. The maximum Gasteiger partial charge on any atom is 0.226 e. The Morgan fingerprint density at radius 3 is 2.63 bits per heavy atom. The van der Waals surface area contributed by atoms with E-state index in [2.05, 4.69) is 22.8 Å². The van der Waals surface area contributed by atoms with Crippen molar-refractivity contribution >= 4 is 5.91 Å². The third-order valence-electron chi connectivity index (χ3n) is 3.89. The molecule has 0 heterocycles. The van der Waals surface area contributed by atoms with Crippen molar-refractivity contribution in [2.45, 2.75) is 32.4 Å². The number of hydrogen-bond acceptors (Lipinski definition) is 3. The zero-order valence-corrected chi connectivity index (χ0v) is 11.9. The summed E-state index contributed by atoms with van der Waals surface area (Å²) in [7, 11) is 1.67. The zero-order valence-electron chi connectivity index (χ0n) is 11.9. The van der Waals surface area contributed by atoms with Crippen molar-refractivity contribution in [3.63, 3.8) is 0 Å². The van der Waals surface area contributed by atoms with Gasteiger partial charge in [-0.15, -0.1) is 0 Å². The average Bonchev–Trinajstić information content (AvgIpc) is 2.73. The van der Waals surface area contributed by atoms with Gasteiger partial charge in [0.15, 0.2) is 0 Å². The van der Waals surface area contributed by atoms with E-state index < -0.39 is 5.41 Å². The van der Waals surface area contributed by atoms with Crippen molar-refractivity contribution in [2.24, 2.45) is 11.1 Å². The fourth-order valence-corrected chi connectivity index (χ4v) is 2.66. The number of carbonyl (C=O) groups excluding carboxylic acids is 1. The van der Waals surface area contributed by atoms with E-state index in [1.165, 1.54) is 11.1 Å². The maximum atomic E-state index is 11.8. The molecule has 1 aliphatic carbocycles. The lowest BCUT2D eigenvalue weighted by atomic mass is 9.91. The molecule has 0 aliphatic heterocycles. The summed E-state index contributed by atoms with van der Waals surface area (Å²) in [6.45, 7) is 4.53. The highest BCUT2D eigenvalue weighted by molar-refractivity contribution is 5.81. The van der Waals surface area contributed by atoms with E-state index in [9.17, 15) is 4.79 Å². The van der Waals surface area contributed by atoms with Crippen LogP contribution in [0.3, 0.4) is 0 Å². The first-order chi connectivity index (χ1) is 8.95. The van der Waals surface area contributed by atoms with E-state index in [4.69, 9.17) is 5.73 Å². The molecule has 104 valence electrons. The second-order valence-electron chi connectivity index (χ2n) is 5.87. The van der Waals surface area contributed by atoms with E-state index >= 15 is 0 Å². The summed E-state index contributed by atoms with van der Waals surface area (Å²) in [6.07, 6.45) is 0.892. The SMILES string of the molecule is CNC(=O)C(C)(C)CNC1CC(N)c2ccccc21. The minimum Gasteiger partial charge on any atom is -0.359 e. The molecule has 0 saturated heterocycles. The van der Waals surface area contributed by atoms with Crippen LogP contribution in [0.15, 0.2) is 24.3 Å². The van der Waals surface area contributed by atoms with E-state index in [1.807, 2.05) is 26.0 Å². The summed E-state index contributed by atoms with van der Waals surface area (Å²) in [5.41, 5.74) is 8.21. The van der Waals surface area contributed by atoms with Crippen LogP contribution in [0.5, 0.6) is 0 Å². The summed E-state index contributed by atoms with van der Waals surface area (Å²) < 4.78 is 0. The normalized spacial score (nSPS) is 22.1. The third-order valence-corrected chi connectivity index (χ3v) is 3.89. The molecule has 0 spiro atoms. The lowest BCUT2D eigenvalue weighted by Gasteiger charge is -2.25.